The average Bonchev–Trinajstić information content (AvgIpc) is 2.65. The Morgan fingerprint density at radius 1 is 1.08 bits per heavy atom. The van der Waals surface area contributed by atoms with Crippen LogP contribution in [0.1, 0.15) is 48.2 Å². The summed E-state index contributed by atoms with van der Waals surface area (Å²) in [6.45, 7) is 1.84. The van der Waals surface area contributed by atoms with E-state index in [-0.39, 0.29) is 23.4 Å². The Morgan fingerprint density at radius 3 is 2.54 bits per heavy atom. The zero-order chi connectivity index (χ0) is 18.5. The molecule has 1 aliphatic rings. The third-order valence-corrected chi connectivity index (χ3v) is 4.63. The molecule has 1 heterocycles. The minimum absolute atomic E-state index is 0.0694. The molecule has 0 saturated heterocycles. The second-order valence-electron chi connectivity index (χ2n) is 6.66. The molecule has 136 valence electrons. The molecule has 2 aromatic rings. The molecule has 0 radical (unpaired) electrons. The van der Waals surface area contributed by atoms with Gasteiger partial charge in [0.25, 0.3) is 5.91 Å². The minimum Gasteiger partial charge on any atom is -0.323 e. The second-order valence-corrected chi connectivity index (χ2v) is 6.66. The first-order valence-electron chi connectivity index (χ1n) is 8.87. The van der Waals surface area contributed by atoms with Crippen LogP contribution in [-0.2, 0) is 4.79 Å². The predicted octanol–water partition coefficient (Wildman–Crippen LogP) is 4.30. The van der Waals surface area contributed by atoms with E-state index in [1.165, 1.54) is 24.4 Å². The van der Waals surface area contributed by atoms with Gasteiger partial charge in [0.05, 0.1) is 11.3 Å². The third kappa shape index (κ3) is 4.45. The van der Waals surface area contributed by atoms with Crippen molar-refractivity contribution in [3.63, 3.8) is 0 Å². The lowest BCUT2D eigenvalue weighted by atomic mass is 9.88. The van der Waals surface area contributed by atoms with Crippen molar-refractivity contribution in [1.82, 2.24) is 4.98 Å². The number of rotatable bonds is 4. The summed E-state index contributed by atoms with van der Waals surface area (Å²) in [4.78, 5) is 28.7. The highest BCUT2D eigenvalue weighted by molar-refractivity contribution is 6.04. The van der Waals surface area contributed by atoms with Crippen LogP contribution in [0.3, 0.4) is 0 Å². The maximum Gasteiger partial charge on any atom is 0.257 e. The fraction of sp³-hybridized carbons (Fsp3) is 0.350. The highest BCUT2D eigenvalue weighted by Crippen LogP contribution is 2.26. The van der Waals surface area contributed by atoms with Gasteiger partial charge in [-0.3, -0.25) is 14.6 Å². The lowest BCUT2D eigenvalue weighted by Crippen LogP contribution is -2.25. The molecular weight excluding hydrogens is 333 g/mol. The van der Waals surface area contributed by atoms with Crippen molar-refractivity contribution in [1.29, 1.82) is 0 Å². The number of aryl methyl sites for hydroxylation is 1. The van der Waals surface area contributed by atoms with Gasteiger partial charge in [0, 0.05) is 23.5 Å². The zero-order valence-corrected chi connectivity index (χ0v) is 14.7. The number of pyridine rings is 1. The molecule has 2 N–H and O–H groups in total. The maximum absolute atomic E-state index is 14.1. The van der Waals surface area contributed by atoms with Gasteiger partial charge >= 0.3 is 0 Å². The van der Waals surface area contributed by atoms with Crippen molar-refractivity contribution < 1.29 is 14.0 Å². The van der Waals surface area contributed by atoms with Crippen molar-refractivity contribution in [2.75, 3.05) is 10.6 Å². The number of nitrogens with zero attached hydrogens (tertiary/aromatic N) is 1. The Bertz CT molecular complexity index is 799. The summed E-state index contributed by atoms with van der Waals surface area (Å²) in [7, 11) is 0. The summed E-state index contributed by atoms with van der Waals surface area (Å²) < 4.78 is 14.1. The number of amides is 2. The molecule has 1 saturated carbocycles. The molecule has 2 amide bonds. The Hall–Kier alpha value is -2.76. The Labute approximate surface area is 152 Å². The van der Waals surface area contributed by atoms with Gasteiger partial charge in [0.1, 0.15) is 5.82 Å². The summed E-state index contributed by atoms with van der Waals surface area (Å²) in [5.41, 5.74) is 1.72. The number of nitrogens with one attached hydrogen (secondary N) is 2. The molecular formula is C20H22FN3O2. The summed E-state index contributed by atoms with van der Waals surface area (Å²) in [5.74, 6) is -1.09. The van der Waals surface area contributed by atoms with E-state index >= 15 is 0 Å². The van der Waals surface area contributed by atoms with Crippen LogP contribution >= 0.6 is 0 Å². The predicted molar refractivity (Wildman–Crippen MR) is 98.5 cm³/mol. The fourth-order valence-electron chi connectivity index (χ4n) is 3.10. The molecule has 3 rings (SSSR count). The zero-order valence-electron chi connectivity index (χ0n) is 14.7. The molecule has 1 aliphatic carbocycles. The van der Waals surface area contributed by atoms with Gasteiger partial charge in [-0.1, -0.05) is 19.3 Å². The van der Waals surface area contributed by atoms with E-state index in [1.807, 2.05) is 6.92 Å². The van der Waals surface area contributed by atoms with Crippen LogP contribution in [-0.4, -0.2) is 16.8 Å². The number of aromatic nitrogens is 1. The summed E-state index contributed by atoms with van der Waals surface area (Å²) in [5, 5.41) is 5.36. The van der Waals surface area contributed by atoms with E-state index in [2.05, 4.69) is 15.6 Å². The molecule has 5 nitrogen and oxygen atoms in total. The molecule has 0 unspecified atom stereocenters. The number of hydrogen-bond acceptors (Lipinski definition) is 3. The van der Waals surface area contributed by atoms with Crippen LogP contribution in [0.15, 0.2) is 36.5 Å². The first-order chi connectivity index (χ1) is 12.5. The largest absolute Gasteiger partial charge is 0.323 e. The van der Waals surface area contributed by atoms with Gasteiger partial charge in [0.15, 0.2) is 0 Å². The third-order valence-electron chi connectivity index (χ3n) is 4.63. The van der Waals surface area contributed by atoms with Crippen LogP contribution in [0.2, 0.25) is 0 Å². The van der Waals surface area contributed by atoms with E-state index in [0.29, 0.717) is 11.3 Å². The van der Waals surface area contributed by atoms with Crippen molar-refractivity contribution in [3.8, 4) is 0 Å². The maximum atomic E-state index is 14.1. The van der Waals surface area contributed by atoms with E-state index in [0.717, 1.165) is 37.8 Å². The van der Waals surface area contributed by atoms with Gasteiger partial charge in [0.2, 0.25) is 5.91 Å². The fourth-order valence-corrected chi connectivity index (χ4v) is 3.10. The molecule has 0 aliphatic heterocycles. The van der Waals surface area contributed by atoms with Gasteiger partial charge < -0.3 is 10.6 Å². The number of hydrogen-bond donors (Lipinski definition) is 2. The SMILES string of the molecule is Cc1ccc(C(=O)Nc2ccc(F)c(NC(=O)C3CCCCC3)c2)cn1. The molecule has 0 spiro atoms. The normalized spacial score (nSPS) is 14.7. The van der Waals surface area contributed by atoms with Crippen molar-refractivity contribution in [2.45, 2.75) is 39.0 Å². The summed E-state index contributed by atoms with van der Waals surface area (Å²) >= 11 is 0. The van der Waals surface area contributed by atoms with E-state index in [1.54, 1.807) is 12.1 Å². The smallest absolute Gasteiger partial charge is 0.257 e. The van der Waals surface area contributed by atoms with Crippen LogP contribution < -0.4 is 10.6 Å². The van der Waals surface area contributed by atoms with Crippen LogP contribution in [0, 0.1) is 18.7 Å². The topological polar surface area (TPSA) is 71.1 Å². The second kappa shape index (κ2) is 8.08. The molecule has 0 atom stereocenters. The number of anilines is 2. The Morgan fingerprint density at radius 2 is 1.85 bits per heavy atom. The summed E-state index contributed by atoms with van der Waals surface area (Å²) in [6, 6.07) is 7.56. The van der Waals surface area contributed by atoms with Gasteiger partial charge in [-0.05, 0) is 50.1 Å². The highest BCUT2D eigenvalue weighted by atomic mass is 19.1. The summed E-state index contributed by atoms with van der Waals surface area (Å²) in [6.07, 6.45) is 6.37. The Balaban J connectivity index is 1.69. The molecule has 1 aromatic heterocycles. The average molecular weight is 355 g/mol. The van der Waals surface area contributed by atoms with Crippen molar-refractivity contribution >= 4 is 23.2 Å². The molecule has 26 heavy (non-hydrogen) atoms. The monoisotopic (exact) mass is 355 g/mol. The molecule has 1 aromatic carbocycles. The molecule has 0 bridgehead atoms. The van der Waals surface area contributed by atoms with Crippen LogP contribution in [0.4, 0.5) is 15.8 Å². The van der Waals surface area contributed by atoms with E-state index in [4.69, 9.17) is 0 Å². The van der Waals surface area contributed by atoms with Gasteiger partial charge in [-0.25, -0.2) is 4.39 Å². The number of carbonyl (C=O) groups excluding carboxylic acids is 2. The number of carbonyl (C=O) groups is 2. The van der Waals surface area contributed by atoms with Crippen LogP contribution in [0.25, 0.3) is 0 Å². The first kappa shape index (κ1) is 18.0. The van der Waals surface area contributed by atoms with Crippen LogP contribution in [0.5, 0.6) is 0 Å². The Kier molecular flexibility index (Phi) is 5.61. The number of benzene rings is 1. The standard InChI is InChI=1S/C20H22FN3O2/c1-13-7-8-15(12-22-13)20(26)23-16-9-10-17(21)18(11-16)24-19(25)14-5-3-2-4-6-14/h7-12,14H,2-6H2,1H3,(H,23,26)(H,24,25). The number of halogens is 1. The van der Waals surface area contributed by atoms with Gasteiger partial charge in [-0.2, -0.15) is 0 Å². The van der Waals surface area contributed by atoms with E-state index < -0.39 is 5.82 Å². The van der Waals surface area contributed by atoms with Crippen molar-refractivity contribution in [3.05, 3.63) is 53.6 Å². The highest BCUT2D eigenvalue weighted by Gasteiger charge is 2.22. The van der Waals surface area contributed by atoms with Gasteiger partial charge in [-0.15, -0.1) is 0 Å². The quantitative estimate of drug-likeness (QED) is 0.859. The lowest BCUT2D eigenvalue weighted by Gasteiger charge is -2.21. The van der Waals surface area contributed by atoms with E-state index in [9.17, 15) is 14.0 Å². The minimum atomic E-state index is -0.524. The first-order valence-corrected chi connectivity index (χ1v) is 8.87. The molecule has 1 fully saturated rings. The lowest BCUT2D eigenvalue weighted by molar-refractivity contribution is -0.120. The molecule has 6 heteroatoms. The van der Waals surface area contributed by atoms with Crippen molar-refractivity contribution in [2.24, 2.45) is 5.92 Å².